The van der Waals surface area contributed by atoms with Crippen LogP contribution in [0.3, 0.4) is 0 Å². The SMILES string of the molecule is CCCOc1ccc(CC(=O)N/N=C(\N)c2ccncc2)cc1[N+](=O)[O-]. The van der Waals surface area contributed by atoms with Crippen LogP contribution >= 0.6 is 0 Å². The lowest BCUT2D eigenvalue weighted by Crippen LogP contribution is -2.25. The predicted octanol–water partition coefficient (Wildman–Crippen LogP) is 1.76. The van der Waals surface area contributed by atoms with Gasteiger partial charge in [-0.1, -0.05) is 13.0 Å². The van der Waals surface area contributed by atoms with Crippen molar-refractivity contribution in [2.75, 3.05) is 6.61 Å². The molecule has 3 N–H and O–H groups in total. The Balaban J connectivity index is 2.04. The van der Waals surface area contributed by atoms with Gasteiger partial charge < -0.3 is 10.5 Å². The molecule has 136 valence electrons. The first-order valence-electron chi connectivity index (χ1n) is 7.93. The number of benzene rings is 1. The molecule has 0 aliphatic rings. The van der Waals surface area contributed by atoms with Gasteiger partial charge in [-0.25, -0.2) is 5.43 Å². The summed E-state index contributed by atoms with van der Waals surface area (Å²) in [7, 11) is 0. The molecule has 0 fully saturated rings. The quantitative estimate of drug-likeness (QED) is 0.320. The molecule has 0 unspecified atom stereocenters. The van der Waals surface area contributed by atoms with E-state index in [1.54, 1.807) is 30.6 Å². The summed E-state index contributed by atoms with van der Waals surface area (Å²) in [6, 6.07) is 7.73. The first-order chi connectivity index (χ1) is 12.5. The van der Waals surface area contributed by atoms with Gasteiger partial charge in [-0.05, 0) is 30.2 Å². The molecular formula is C17H19N5O4. The molecule has 1 aromatic carbocycles. The van der Waals surface area contributed by atoms with E-state index in [4.69, 9.17) is 10.5 Å². The maximum Gasteiger partial charge on any atom is 0.311 e. The minimum absolute atomic E-state index is 0.0813. The first kappa shape index (κ1) is 18.8. The van der Waals surface area contributed by atoms with E-state index < -0.39 is 10.8 Å². The third-order valence-electron chi connectivity index (χ3n) is 3.32. The minimum atomic E-state index is -0.536. The number of nitrogens with one attached hydrogen (secondary N) is 1. The van der Waals surface area contributed by atoms with E-state index in [0.717, 1.165) is 6.42 Å². The van der Waals surface area contributed by atoms with E-state index in [-0.39, 0.29) is 23.7 Å². The minimum Gasteiger partial charge on any atom is -0.487 e. The van der Waals surface area contributed by atoms with Gasteiger partial charge in [0, 0.05) is 24.0 Å². The maximum absolute atomic E-state index is 12.0. The summed E-state index contributed by atoms with van der Waals surface area (Å²) in [5, 5.41) is 15.0. The van der Waals surface area contributed by atoms with Crippen molar-refractivity contribution in [3.05, 3.63) is 64.0 Å². The highest BCUT2D eigenvalue weighted by Gasteiger charge is 2.17. The van der Waals surface area contributed by atoms with Crippen molar-refractivity contribution in [2.24, 2.45) is 10.8 Å². The van der Waals surface area contributed by atoms with Gasteiger partial charge in [0.25, 0.3) is 0 Å². The summed E-state index contributed by atoms with van der Waals surface area (Å²) in [4.78, 5) is 26.5. The molecule has 0 bridgehead atoms. The van der Waals surface area contributed by atoms with Gasteiger partial charge in [-0.3, -0.25) is 19.9 Å². The van der Waals surface area contributed by atoms with E-state index in [1.165, 1.54) is 12.1 Å². The van der Waals surface area contributed by atoms with Crippen LogP contribution in [0, 0.1) is 10.1 Å². The zero-order valence-corrected chi connectivity index (χ0v) is 14.2. The second-order valence-corrected chi connectivity index (χ2v) is 5.35. The molecule has 0 saturated carbocycles. The highest BCUT2D eigenvalue weighted by Crippen LogP contribution is 2.28. The smallest absolute Gasteiger partial charge is 0.311 e. The Kier molecular flexibility index (Phi) is 6.60. The fourth-order valence-corrected chi connectivity index (χ4v) is 2.08. The van der Waals surface area contributed by atoms with Crippen molar-refractivity contribution in [1.82, 2.24) is 10.4 Å². The van der Waals surface area contributed by atoms with Crippen LogP contribution in [-0.4, -0.2) is 28.3 Å². The number of nitrogens with two attached hydrogens (primary N) is 1. The molecule has 1 heterocycles. The molecule has 9 nitrogen and oxygen atoms in total. The number of pyridine rings is 1. The summed E-state index contributed by atoms with van der Waals surface area (Å²) in [5.74, 6) is -0.130. The second-order valence-electron chi connectivity index (χ2n) is 5.35. The number of ether oxygens (including phenoxy) is 1. The second kappa shape index (κ2) is 9.11. The number of hydrogen-bond acceptors (Lipinski definition) is 6. The number of aromatic nitrogens is 1. The van der Waals surface area contributed by atoms with Gasteiger partial charge in [-0.2, -0.15) is 5.10 Å². The lowest BCUT2D eigenvalue weighted by Gasteiger charge is -2.07. The van der Waals surface area contributed by atoms with Crippen molar-refractivity contribution < 1.29 is 14.5 Å². The number of rotatable bonds is 8. The van der Waals surface area contributed by atoms with Crippen LogP contribution in [0.2, 0.25) is 0 Å². The zero-order valence-electron chi connectivity index (χ0n) is 14.2. The Bertz CT molecular complexity index is 808. The summed E-state index contributed by atoms with van der Waals surface area (Å²) >= 11 is 0. The van der Waals surface area contributed by atoms with Gasteiger partial charge in [0.1, 0.15) is 0 Å². The van der Waals surface area contributed by atoms with Crippen molar-refractivity contribution >= 4 is 17.4 Å². The Morgan fingerprint density at radius 3 is 2.73 bits per heavy atom. The molecule has 0 radical (unpaired) electrons. The Labute approximate surface area is 150 Å². The van der Waals surface area contributed by atoms with Crippen LogP contribution < -0.4 is 15.9 Å². The molecule has 0 spiro atoms. The molecular weight excluding hydrogens is 338 g/mol. The molecule has 2 rings (SSSR count). The Morgan fingerprint density at radius 2 is 2.08 bits per heavy atom. The first-order valence-corrected chi connectivity index (χ1v) is 7.93. The number of hydrogen-bond donors (Lipinski definition) is 2. The van der Waals surface area contributed by atoms with Crippen LogP contribution in [0.15, 0.2) is 47.8 Å². The van der Waals surface area contributed by atoms with Gasteiger partial charge in [0.2, 0.25) is 5.91 Å². The lowest BCUT2D eigenvalue weighted by molar-refractivity contribution is -0.385. The fourth-order valence-electron chi connectivity index (χ4n) is 2.08. The number of nitro groups is 1. The number of nitrogens with zero attached hydrogens (tertiary/aromatic N) is 3. The average molecular weight is 357 g/mol. The third kappa shape index (κ3) is 5.26. The van der Waals surface area contributed by atoms with Crippen molar-refractivity contribution in [1.29, 1.82) is 0 Å². The van der Waals surface area contributed by atoms with Gasteiger partial charge in [-0.15, -0.1) is 0 Å². The zero-order chi connectivity index (χ0) is 18.9. The molecule has 1 aromatic heterocycles. The molecule has 0 saturated heterocycles. The molecule has 0 atom stereocenters. The predicted molar refractivity (Wildman–Crippen MR) is 95.7 cm³/mol. The summed E-state index contributed by atoms with van der Waals surface area (Å²) in [6.07, 6.45) is 3.77. The van der Waals surface area contributed by atoms with Gasteiger partial charge >= 0.3 is 5.69 Å². The number of nitro benzene ring substituents is 1. The van der Waals surface area contributed by atoms with Crippen molar-refractivity contribution in [3.63, 3.8) is 0 Å². The normalized spacial score (nSPS) is 11.0. The highest BCUT2D eigenvalue weighted by atomic mass is 16.6. The standard InChI is InChI=1S/C17H19N5O4/c1-2-9-26-15-4-3-12(10-14(15)22(24)25)11-16(23)20-21-17(18)13-5-7-19-8-6-13/h3-8,10H,2,9,11H2,1H3,(H2,18,21)(H,20,23). The molecule has 2 aromatic rings. The van der Waals surface area contributed by atoms with Crippen LogP contribution in [0.25, 0.3) is 0 Å². The summed E-state index contributed by atoms with van der Waals surface area (Å²) < 4.78 is 5.35. The van der Waals surface area contributed by atoms with Crippen LogP contribution in [0.4, 0.5) is 5.69 Å². The fraction of sp³-hybridized carbons (Fsp3) is 0.235. The largest absolute Gasteiger partial charge is 0.487 e. The molecule has 1 amide bonds. The van der Waals surface area contributed by atoms with Crippen molar-refractivity contribution in [3.8, 4) is 5.75 Å². The van der Waals surface area contributed by atoms with Crippen LogP contribution in [0.1, 0.15) is 24.5 Å². The number of amides is 1. The monoisotopic (exact) mass is 357 g/mol. The van der Waals surface area contributed by atoms with Crippen LogP contribution in [-0.2, 0) is 11.2 Å². The molecule has 26 heavy (non-hydrogen) atoms. The van der Waals surface area contributed by atoms with Gasteiger partial charge in [0.15, 0.2) is 11.6 Å². The molecule has 0 aliphatic carbocycles. The third-order valence-corrected chi connectivity index (χ3v) is 3.32. The molecule has 9 heteroatoms. The van der Waals surface area contributed by atoms with E-state index in [0.29, 0.717) is 17.7 Å². The summed E-state index contributed by atoms with van der Waals surface area (Å²) in [5.41, 5.74) is 9.01. The topological polar surface area (TPSA) is 133 Å². The van der Waals surface area contributed by atoms with E-state index in [1.807, 2.05) is 6.92 Å². The van der Waals surface area contributed by atoms with Crippen molar-refractivity contribution in [2.45, 2.75) is 19.8 Å². The number of hydrazone groups is 1. The number of carbonyl (C=O) groups is 1. The van der Waals surface area contributed by atoms with E-state index in [2.05, 4.69) is 15.5 Å². The van der Waals surface area contributed by atoms with E-state index >= 15 is 0 Å². The van der Waals surface area contributed by atoms with Gasteiger partial charge in [0.05, 0.1) is 18.0 Å². The number of amidine groups is 1. The summed E-state index contributed by atoms with van der Waals surface area (Å²) in [6.45, 7) is 2.28. The molecule has 0 aliphatic heterocycles. The highest BCUT2D eigenvalue weighted by molar-refractivity contribution is 5.97. The van der Waals surface area contributed by atoms with E-state index in [9.17, 15) is 14.9 Å². The Morgan fingerprint density at radius 1 is 1.35 bits per heavy atom. The maximum atomic E-state index is 12.0. The average Bonchev–Trinajstić information content (AvgIpc) is 2.65. The van der Waals surface area contributed by atoms with Crippen LogP contribution in [0.5, 0.6) is 5.75 Å². The lowest BCUT2D eigenvalue weighted by atomic mass is 10.1. The number of carbonyl (C=O) groups excluding carboxylic acids is 1. The Hall–Kier alpha value is -3.49.